The van der Waals surface area contributed by atoms with E-state index >= 15 is 0 Å². The van der Waals surface area contributed by atoms with Crippen molar-refractivity contribution in [3.63, 3.8) is 0 Å². The summed E-state index contributed by atoms with van der Waals surface area (Å²) in [6.45, 7) is 2.05. The van der Waals surface area contributed by atoms with Gasteiger partial charge in [0.2, 0.25) is 0 Å². The van der Waals surface area contributed by atoms with Gasteiger partial charge in [-0.1, -0.05) is 18.2 Å². The minimum atomic E-state index is 0.130. The number of benzene rings is 1. The molecule has 1 aromatic heterocycles. The zero-order valence-electron chi connectivity index (χ0n) is 14.4. The number of para-hydroxylation sites is 1. The Hall–Kier alpha value is -1.72. The standard InChI is InChI=1S/C18H26N4O/c1-13(23-4)10-17-19-18(14-11-16(12-14)21(2)3)22(20-17)15-8-6-5-7-9-15/h5-9,13-14,16H,10-12H2,1-4H3. The molecule has 0 saturated heterocycles. The molecule has 1 saturated carbocycles. The third-order valence-corrected chi connectivity index (χ3v) is 4.76. The monoisotopic (exact) mass is 314 g/mol. The molecular weight excluding hydrogens is 288 g/mol. The maximum atomic E-state index is 5.36. The van der Waals surface area contributed by atoms with Crippen molar-refractivity contribution in [2.24, 2.45) is 0 Å². The third kappa shape index (κ3) is 3.46. The molecule has 1 atom stereocenters. The zero-order chi connectivity index (χ0) is 16.4. The summed E-state index contributed by atoms with van der Waals surface area (Å²) in [4.78, 5) is 7.14. The summed E-state index contributed by atoms with van der Waals surface area (Å²) >= 11 is 0. The van der Waals surface area contributed by atoms with Crippen LogP contribution in [0.5, 0.6) is 0 Å². The second kappa shape index (κ2) is 6.81. The van der Waals surface area contributed by atoms with Gasteiger partial charge in [-0.3, -0.25) is 0 Å². The molecule has 23 heavy (non-hydrogen) atoms. The van der Waals surface area contributed by atoms with E-state index in [-0.39, 0.29) is 6.10 Å². The fourth-order valence-electron chi connectivity index (χ4n) is 3.04. The molecule has 0 aliphatic heterocycles. The van der Waals surface area contributed by atoms with Gasteiger partial charge in [0.15, 0.2) is 5.82 Å². The summed E-state index contributed by atoms with van der Waals surface area (Å²) in [5, 5.41) is 4.75. The zero-order valence-corrected chi connectivity index (χ0v) is 14.4. The van der Waals surface area contributed by atoms with E-state index in [2.05, 4.69) is 31.1 Å². The molecule has 1 unspecified atom stereocenters. The minimum absolute atomic E-state index is 0.130. The molecule has 2 aromatic rings. The SMILES string of the molecule is COC(C)Cc1nc(C2CC(N(C)C)C2)n(-c2ccccc2)n1. The Morgan fingerprint density at radius 1 is 1.26 bits per heavy atom. The van der Waals surface area contributed by atoms with Gasteiger partial charge in [-0.25, -0.2) is 9.67 Å². The number of hydrogen-bond donors (Lipinski definition) is 0. The number of rotatable bonds is 6. The molecule has 3 rings (SSSR count). The highest BCUT2D eigenvalue weighted by Gasteiger charge is 2.35. The lowest BCUT2D eigenvalue weighted by Gasteiger charge is -2.39. The Kier molecular flexibility index (Phi) is 4.78. The molecule has 5 heteroatoms. The first-order valence-corrected chi connectivity index (χ1v) is 8.29. The molecule has 0 amide bonds. The van der Waals surface area contributed by atoms with Crippen molar-refractivity contribution in [1.29, 1.82) is 0 Å². The summed E-state index contributed by atoms with van der Waals surface area (Å²) in [5.41, 5.74) is 1.08. The Bertz CT molecular complexity index is 632. The number of methoxy groups -OCH3 is 1. The lowest BCUT2D eigenvalue weighted by molar-refractivity contribution is 0.117. The van der Waals surface area contributed by atoms with Crippen LogP contribution in [0.3, 0.4) is 0 Å². The quantitative estimate of drug-likeness (QED) is 0.822. The van der Waals surface area contributed by atoms with Crippen molar-refractivity contribution in [1.82, 2.24) is 19.7 Å². The average Bonchev–Trinajstić information content (AvgIpc) is 2.89. The van der Waals surface area contributed by atoms with Crippen LogP contribution in [0.4, 0.5) is 0 Å². The highest BCUT2D eigenvalue weighted by atomic mass is 16.5. The van der Waals surface area contributed by atoms with Gasteiger partial charge in [-0.2, -0.15) is 5.10 Å². The van der Waals surface area contributed by atoms with Crippen molar-refractivity contribution in [2.45, 2.75) is 44.2 Å². The van der Waals surface area contributed by atoms with Gasteiger partial charge in [-0.05, 0) is 46.0 Å². The van der Waals surface area contributed by atoms with E-state index < -0.39 is 0 Å². The second-order valence-corrected chi connectivity index (χ2v) is 6.67. The molecule has 1 aromatic carbocycles. The minimum Gasteiger partial charge on any atom is -0.381 e. The maximum absolute atomic E-state index is 5.36. The van der Waals surface area contributed by atoms with Gasteiger partial charge < -0.3 is 9.64 Å². The van der Waals surface area contributed by atoms with Crippen LogP contribution in [0.25, 0.3) is 5.69 Å². The average molecular weight is 314 g/mol. The maximum Gasteiger partial charge on any atom is 0.153 e. The van der Waals surface area contributed by atoms with Gasteiger partial charge in [0.25, 0.3) is 0 Å². The summed E-state index contributed by atoms with van der Waals surface area (Å²) in [6.07, 6.45) is 3.17. The predicted octanol–water partition coefficient (Wildman–Crippen LogP) is 2.65. The molecule has 0 N–H and O–H groups in total. The fourth-order valence-corrected chi connectivity index (χ4v) is 3.04. The van der Waals surface area contributed by atoms with Gasteiger partial charge in [0.1, 0.15) is 5.82 Å². The van der Waals surface area contributed by atoms with Crippen LogP contribution in [0, 0.1) is 0 Å². The second-order valence-electron chi connectivity index (χ2n) is 6.67. The van der Waals surface area contributed by atoms with Crippen molar-refractivity contribution in [2.75, 3.05) is 21.2 Å². The Morgan fingerprint density at radius 2 is 1.96 bits per heavy atom. The highest BCUT2D eigenvalue weighted by Crippen LogP contribution is 2.38. The predicted molar refractivity (Wildman–Crippen MR) is 91.0 cm³/mol. The Morgan fingerprint density at radius 3 is 2.57 bits per heavy atom. The van der Waals surface area contributed by atoms with E-state index in [0.29, 0.717) is 12.0 Å². The number of nitrogens with zero attached hydrogens (tertiary/aromatic N) is 4. The molecule has 1 heterocycles. The van der Waals surface area contributed by atoms with Crippen LogP contribution in [0.2, 0.25) is 0 Å². The van der Waals surface area contributed by atoms with E-state index in [0.717, 1.165) is 36.6 Å². The van der Waals surface area contributed by atoms with E-state index in [1.807, 2.05) is 29.8 Å². The van der Waals surface area contributed by atoms with Crippen LogP contribution < -0.4 is 0 Å². The van der Waals surface area contributed by atoms with Gasteiger partial charge in [0, 0.05) is 25.5 Å². The molecule has 0 radical (unpaired) electrons. The smallest absolute Gasteiger partial charge is 0.153 e. The van der Waals surface area contributed by atoms with Crippen molar-refractivity contribution in [3.8, 4) is 5.69 Å². The molecule has 1 aliphatic rings. The third-order valence-electron chi connectivity index (χ3n) is 4.76. The molecular formula is C18H26N4O. The summed E-state index contributed by atoms with van der Waals surface area (Å²) in [5.74, 6) is 2.45. The van der Waals surface area contributed by atoms with Gasteiger partial charge in [-0.15, -0.1) is 0 Å². The van der Waals surface area contributed by atoms with Crippen LogP contribution >= 0.6 is 0 Å². The van der Waals surface area contributed by atoms with Crippen LogP contribution in [-0.4, -0.2) is 53.0 Å². The fraction of sp³-hybridized carbons (Fsp3) is 0.556. The number of ether oxygens (including phenoxy) is 1. The largest absolute Gasteiger partial charge is 0.381 e. The van der Waals surface area contributed by atoms with Crippen molar-refractivity contribution in [3.05, 3.63) is 42.0 Å². The first kappa shape index (κ1) is 16.1. The van der Waals surface area contributed by atoms with Crippen molar-refractivity contribution < 1.29 is 4.74 Å². The van der Waals surface area contributed by atoms with Crippen molar-refractivity contribution >= 4 is 0 Å². The summed E-state index contributed by atoms with van der Waals surface area (Å²) < 4.78 is 7.38. The lowest BCUT2D eigenvalue weighted by atomic mass is 9.79. The topological polar surface area (TPSA) is 43.2 Å². The lowest BCUT2D eigenvalue weighted by Crippen LogP contribution is -2.40. The van der Waals surface area contributed by atoms with Gasteiger partial charge >= 0.3 is 0 Å². The normalized spacial score (nSPS) is 22.1. The molecule has 5 nitrogen and oxygen atoms in total. The van der Waals surface area contributed by atoms with E-state index in [9.17, 15) is 0 Å². The highest BCUT2D eigenvalue weighted by molar-refractivity contribution is 5.32. The first-order chi connectivity index (χ1) is 11.1. The number of hydrogen-bond acceptors (Lipinski definition) is 4. The first-order valence-electron chi connectivity index (χ1n) is 8.29. The van der Waals surface area contributed by atoms with Crippen LogP contribution in [-0.2, 0) is 11.2 Å². The Balaban J connectivity index is 1.87. The van der Waals surface area contributed by atoms with E-state index in [1.54, 1.807) is 7.11 Å². The van der Waals surface area contributed by atoms with Gasteiger partial charge in [0.05, 0.1) is 11.8 Å². The number of aromatic nitrogens is 3. The molecule has 1 fully saturated rings. The molecule has 124 valence electrons. The summed E-state index contributed by atoms with van der Waals surface area (Å²) in [6, 6.07) is 10.9. The molecule has 1 aliphatic carbocycles. The molecule has 0 bridgehead atoms. The van der Waals surface area contributed by atoms with E-state index in [4.69, 9.17) is 14.8 Å². The van der Waals surface area contributed by atoms with E-state index in [1.165, 1.54) is 0 Å². The van der Waals surface area contributed by atoms with Crippen LogP contribution in [0.1, 0.15) is 37.3 Å². The Labute approximate surface area is 138 Å². The van der Waals surface area contributed by atoms with Crippen LogP contribution in [0.15, 0.2) is 30.3 Å². The summed E-state index contributed by atoms with van der Waals surface area (Å²) in [7, 11) is 6.02. The molecule has 0 spiro atoms.